The monoisotopic (exact) mass is 344 g/mol. The number of carbonyl (C=O) groups excluding carboxylic acids is 1. The summed E-state index contributed by atoms with van der Waals surface area (Å²) < 4.78 is 29.8. The zero-order chi connectivity index (χ0) is 17.2. The van der Waals surface area contributed by atoms with Gasteiger partial charge >= 0.3 is 10.1 Å². The minimum absolute atomic E-state index is 0.142. The summed E-state index contributed by atoms with van der Waals surface area (Å²) >= 11 is 0. The molecule has 0 bridgehead atoms. The summed E-state index contributed by atoms with van der Waals surface area (Å²) in [5, 5.41) is 0. The third-order valence-electron chi connectivity index (χ3n) is 4.41. The molecule has 0 spiro atoms. The lowest BCUT2D eigenvalue weighted by Crippen LogP contribution is -2.12. The number of aryl methyl sites for hydroxylation is 1. The molecule has 0 aliphatic heterocycles. The van der Waals surface area contributed by atoms with E-state index in [1.165, 1.54) is 12.1 Å². The molecule has 126 valence electrons. The molecule has 4 nitrogen and oxygen atoms in total. The first-order valence-corrected chi connectivity index (χ1v) is 9.48. The van der Waals surface area contributed by atoms with Crippen molar-refractivity contribution in [3.63, 3.8) is 0 Å². The summed E-state index contributed by atoms with van der Waals surface area (Å²) in [4.78, 5) is 11.5. The molecule has 2 aromatic rings. The second kappa shape index (κ2) is 6.77. The highest BCUT2D eigenvalue weighted by molar-refractivity contribution is 7.87. The maximum Gasteiger partial charge on any atom is 0.339 e. The Morgan fingerprint density at radius 3 is 2.08 bits per heavy atom. The number of carbonyl (C=O) groups is 1. The summed E-state index contributed by atoms with van der Waals surface area (Å²) in [7, 11) is -3.82. The van der Waals surface area contributed by atoms with E-state index in [2.05, 4.69) is 0 Å². The minimum Gasteiger partial charge on any atom is -0.379 e. The molecule has 24 heavy (non-hydrogen) atoms. The van der Waals surface area contributed by atoms with Crippen LogP contribution in [-0.4, -0.2) is 14.2 Å². The van der Waals surface area contributed by atoms with Crippen LogP contribution in [0.1, 0.15) is 42.7 Å². The van der Waals surface area contributed by atoms with Gasteiger partial charge in [-0.25, -0.2) is 0 Å². The molecule has 0 unspecified atom stereocenters. The Hall–Kier alpha value is -2.14. The molecule has 2 aromatic carbocycles. The van der Waals surface area contributed by atoms with Crippen LogP contribution < -0.4 is 4.18 Å². The van der Waals surface area contributed by atoms with Crippen molar-refractivity contribution in [3.8, 4) is 5.75 Å². The van der Waals surface area contributed by atoms with Gasteiger partial charge < -0.3 is 4.18 Å². The molecule has 3 rings (SSSR count). The smallest absolute Gasteiger partial charge is 0.339 e. The van der Waals surface area contributed by atoms with Crippen molar-refractivity contribution < 1.29 is 17.4 Å². The zero-order valence-corrected chi connectivity index (χ0v) is 14.4. The Balaban J connectivity index is 1.71. The zero-order valence-electron chi connectivity index (χ0n) is 13.6. The molecule has 0 amide bonds. The average molecular weight is 344 g/mol. The second-order valence-electron chi connectivity index (χ2n) is 6.23. The largest absolute Gasteiger partial charge is 0.379 e. The van der Waals surface area contributed by atoms with Gasteiger partial charge in [0.1, 0.15) is 16.4 Å². The Labute approximate surface area is 142 Å². The Kier molecular flexibility index (Phi) is 4.71. The summed E-state index contributed by atoms with van der Waals surface area (Å²) in [5.41, 5.74) is 2.12. The molecule has 0 aromatic heterocycles. The van der Waals surface area contributed by atoms with Gasteiger partial charge in [-0.15, -0.1) is 0 Å². The van der Waals surface area contributed by atoms with Crippen molar-refractivity contribution in [2.45, 2.75) is 43.4 Å². The first kappa shape index (κ1) is 16.7. The molecular formula is C19H20O4S. The number of hydrogen-bond acceptors (Lipinski definition) is 4. The highest BCUT2D eigenvalue weighted by Crippen LogP contribution is 2.32. The average Bonchev–Trinajstić information content (AvgIpc) is 2.56. The van der Waals surface area contributed by atoms with Crippen molar-refractivity contribution in [1.29, 1.82) is 0 Å². The molecule has 0 radical (unpaired) electrons. The fourth-order valence-electron chi connectivity index (χ4n) is 2.95. The van der Waals surface area contributed by atoms with Crippen LogP contribution in [-0.2, 0) is 14.9 Å². The highest BCUT2D eigenvalue weighted by Gasteiger charge is 2.21. The van der Waals surface area contributed by atoms with Crippen LogP contribution >= 0.6 is 0 Å². The quantitative estimate of drug-likeness (QED) is 0.787. The predicted octanol–water partition coefficient (Wildman–Crippen LogP) is 3.99. The first-order chi connectivity index (χ1) is 11.4. The number of rotatable bonds is 4. The van der Waals surface area contributed by atoms with E-state index in [0.29, 0.717) is 30.3 Å². The van der Waals surface area contributed by atoms with Crippen LogP contribution in [0.5, 0.6) is 5.75 Å². The summed E-state index contributed by atoms with van der Waals surface area (Å²) in [6, 6.07) is 13.7. The fraction of sp³-hybridized carbons (Fsp3) is 0.316. The van der Waals surface area contributed by atoms with E-state index < -0.39 is 10.1 Å². The summed E-state index contributed by atoms with van der Waals surface area (Å²) in [6.45, 7) is 1.90. The van der Waals surface area contributed by atoms with Crippen LogP contribution in [0, 0.1) is 6.92 Å². The molecule has 0 atom stereocenters. The minimum atomic E-state index is -3.82. The van der Waals surface area contributed by atoms with Crippen molar-refractivity contribution >= 4 is 15.9 Å². The third-order valence-corrected chi connectivity index (χ3v) is 5.67. The highest BCUT2D eigenvalue weighted by atomic mass is 32.2. The lowest BCUT2D eigenvalue weighted by molar-refractivity contribution is -0.120. The number of hydrogen-bond donors (Lipinski definition) is 0. The molecule has 1 fully saturated rings. The lowest BCUT2D eigenvalue weighted by atomic mass is 9.83. The van der Waals surface area contributed by atoms with Gasteiger partial charge in [0.25, 0.3) is 0 Å². The molecule has 1 saturated carbocycles. The molecule has 0 heterocycles. The Morgan fingerprint density at radius 2 is 1.50 bits per heavy atom. The van der Waals surface area contributed by atoms with Gasteiger partial charge in [-0.05, 0) is 55.5 Å². The van der Waals surface area contributed by atoms with E-state index in [1.54, 1.807) is 24.3 Å². The van der Waals surface area contributed by atoms with E-state index in [4.69, 9.17) is 4.18 Å². The summed E-state index contributed by atoms with van der Waals surface area (Å²) in [6.07, 6.45) is 2.98. The van der Waals surface area contributed by atoms with Gasteiger partial charge in [-0.1, -0.05) is 29.8 Å². The van der Waals surface area contributed by atoms with Crippen molar-refractivity contribution in [2.24, 2.45) is 0 Å². The van der Waals surface area contributed by atoms with Gasteiger partial charge in [0, 0.05) is 12.8 Å². The van der Waals surface area contributed by atoms with Crippen molar-refractivity contribution in [3.05, 3.63) is 59.7 Å². The molecule has 1 aliphatic carbocycles. The first-order valence-electron chi connectivity index (χ1n) is 8.07. The topological polar surface area (TPSA) is 60.4 Å². The van der Waals surface area contributed by atoms with Crippen LogP contribution in [0.25, 0.3) is 0 Å². The predicted molar refractivity (Wildman–Crippen MR) is 91.7 cm³/mol. The summed E-state index contributed by atoms with van der Waals surface area (Å²) in [5.74, 6) is 0.993. The van der Waals surface area contributed by atoms with Crippen LogP contribution in [0.2, 0.25) is 0 Å². The van der Waals surface area contributed by atoms with Crippen LogP contribution in [0.4, 0.5) is 0 Å². The van der Waals surface area contributed by atoms with Gasteiger partial charge in [-0.3, -0.25) is 4.79 Å². The Bertz CT molecular complexity index is 811. The van der Waals surface area contributed by atoms with E-state index in [0.717, 1.165) is 24.0 Å². The maximum atomic E-state index is 12.3. The SMILES string of the molecule is Cc1ccc(S(=O)(=O)Oc2ccc(C3CCC(=O)CC3)cc2)cc1. The maximum absolute atomic E-state index is 12.3. The standard InChI is InChI=1S/C19H20O4S/c1-14-2-12-19(13-3-14)24(21,22)23-18-10-6-16(7-11-18)15-4-8-17(20)9-5-15/h2-3,6-7,10-13,15H,4-5,8-9H2,1H3. The van der Waals surface area contributed by atoms with Gasteiger partial charge in [-0.2, -0.15) is 8.42 Å². The van der Waals surface area contributed by atoms with Crippen LogP contribution in [0.3, 0.4) is 0 Å². The van der Waals surface area contributed by atoms with E-state index in [9.17, 15) is 13.2 Å². The van der Waals surface area contributed by atoms with Crippen molar-refractivity contribution in [2.75, 3.05) is 0 Å². The number of benzene rings is 2. The van der Waals surface area contributed by atoms with E-state index >= 15 is 0 Å². The molecule has 5 heteroatoms. The van der Waals surface area contributed by atoms with Gasteiger partial charge in [0.15, 0.2) is 0 Å². The van der Waals surface area contributed by atoms with Crippen LogP contribution in [0.15, 0.2) is 53.4 Å². The molecule has 0 saturated heterocycles. The van der Waals surface area contributed by atoms with E-state index in [1.807, 2.05) is 19.1 Å². The number of ketones is 1. The van der Waals surface area contributed by atoms with Gasteiger partial charge in [0.05, 0.1) is 0 Å². The normalized spacial score (nSPS) is 16.1. The molecule has 0 N–H and O–H groups in total. The van der Waals surface area contributed by atoms with Gasteiger partial charge in [0.2, 0.25) is 0 Å². The van der Waals surface area contributed by atoms with E-state index in [-0.39, 0.29) is 4.90 Å². The Morgan fingerprint density at radius 1 is 0.917 bits per heavy atom. The fourth-order valence-corrected chi connectivity index (χ4v) is 3.88. The molecule has 1 aliphatic rings. The lowest BCUT2D eigenvalue weighted by Gasteiger charge is -2.21. The number of Topliss-reactive ketones (excluding diaryl/α,β-unsaturated/α-hetero) is 1. The van der Waals surface area contributed by atoms with Crippen molar-refractivity contribution in [1.82, 2.24) is 0 Å². The molecular weight excluding hydrogens is 324 g/mol. The second-order valence-corrected chi connectivity index (χ2v) is 7.78. The third kappa shape index (κ3) is 3.85.